The number of fused-ring (bicyclic) bond motifs is 3. The number of hydrogen-bond donors (Lipinski definition) is 2. The number of aromatic nitrogens is 2. The van der Waals surface area contributed by atoms with E-state index < -0.39 is 10.8 Å². The van der Waals surface area contributed by atoms with Crippen molar-refractivity contribution in [3.8, 4) is 0 Å². The molecule has 2 bridgehead atoms. The van der Waals surface area contributed by atoms with Crippen LogP contribution >= 0.6 is 11.6 Å². The monoisotopic (exact) mass is 458 g/mol. The third kappa shape index (κ3) is 3.28. The SMILES string of the molecule is O=S1CCc2nc(N3CC4CC3CC4c3ccc(Cl)cn3)cc(NC3(CO)CCC3)c21. The highest BCUT2D eigenvalue weighted by atomic mass is 35.5. The van der Waals surface area contributed by atoms with Crippen LogP contribution < -0.4 is 10.2 Å². The van der Waals surface area contributed by atoms with Gasteiger partial charge >= 0.3 is 0 Å². The van der Waals surface area contributed by atoms with E-state index in [0.717, 1.165) is 72.9 Å². The van der Waals surface area contributed by atoms with Gasteiger partial charge in [-0.05, 0) is 50.2 Å². The van der Waals surface area contributed by atoms with Crippen LogP contribution in [0.25, 0.3) is 0 Å². The van der Waals surface area contributed by atoms with Gasteiger partial charge in [0, 0.05) is 48.6 Å². The van der Waals surface area contributed by atoms with Crippen molar-refractivity contribution in [2.24, 2.45) is 5.92 Å². The molecule has 2 aromatic rings. The van der Waals surface area contributed by atoms with Crippen molar-refractivity contribution in [1.82, 2.24) is 9.97 Å². The lowest BCUT2D eigenvalue weighted by Gasteiger charge is -2.42. The summed E-state index contributed by atoms with van der Waals surface area (Å²) in [6.07, 6.45) is 7.76. The van der Waals surface area contributed by atoms with Crippen LogP contribution in [-0.2, 0) is 17.2 Å². The van der Waals surface area contributed by atoms with Crippen LogP contribution in [0.2, 0.25) is 5.02 Å². The van der Waals surface area contributed by atoms with E-state index in [0.29, 0.717) is 28.7 Å². The fourth-order valence-corrected chi connectivity index (χ4v) is 7.40. The Hall–Kier alpha value is -1.70. The fraction of sp³-hybridized carbons (Fsp3) is 0.565. The predicted octanol–water partition coefficient (Wildman–Crippen LogP) is 3.50. The van der Waals surface area contributed by atoms with Gasteiger partial charge in [0.2, 0.25) is 0 Å². The second-order valence-corrected chi connectivity index (χ2v) is 11.5. The second kappa shape index (κ2) is 7.42. The Morgan fingerprint density at radius 2 is 2.19 bits per heavy atom. The van der Waals surface area contributed by atoms with Gasteiger partial charge in [-0.1, -0.05) is 11.6 Å². The topological polar surface area (TPSA) is 78.4 Å². The number of aliphatic hydroxyl groups is 1. The van der Waals surface area contributed by atoms with E-state index in [1.54, 1.807) is 6.20 Å². The molecule has 0 amide bonds. The van der Waals surface area contributed by atoms with Gasteiger partial charge in [-0.3, -0.25) is 9.19 Å². The van der Waals surface area contributed by atoms with Crippen molar-refractivity contribution < 1.29 is 9.32 Å². The van der Waals surface area contributed by atoms with Crippen molar-refractivity contribution in [2.75, 3.05) is 29.1 Å². The summed E-state index contributed by atoms with van der Waals surface area (Å²) < 4.78 is 12.7. The molecule has 3 fully saturated rings. The van der Waals surface area contributed by atoms with Crippen LogP contribution in [0.1, 0.15) is 49.4 Å². The predicted molar refractivity (Wildman–Crippen MR) is 122 cm³/mol. The lowest BCUT2D eigenvalue weighted by molar-refractivity contribution is 0.144. The standard InChI is InChI=1S/C23H27ClN4O2S/c24-15-2-3-18(25-11-15)17-9-16-8-14(17)12-28(16)21-10-20(27-23(13-29)5-1-6-23)22-19(26-21)4-7-31(22)30/h2-3,10-11,14,16-17,29H,1,4-9,12-13H2,(H,26,27). The van der Waals surface area contributed by atoms with Crippen molar-refractivity contribution in [1.29, 1.82) is 0 Å². The van der Waals surface area contributed by atoms with E-state index in [9.17, 15) is 9.32 Å². The van der Waals surface area contributed by atoms with Crippen LogP contribution in [0.15, 0.2) is 29.3 Å². The van der Waals surface area contributed by atoms with E-state index in [4.69, 9.17) is 16.6 Å². The third-order valence-electron chi connectivity index (χ3n) is 7.76. The molecule has 6 nitrogen and oxygen atoms in total. The molecule has 4 unspecified atom stereocenters. The number of halogens is 1. The minimum absolute atomic E-state index is 0.107. The summed E-state index contributed by atoms with van der Waals surface area (Å²) in [5.74, 6) is 2.67. The molecule has 2 aliphatic carbocycles. The molecule has 4 heterocycles. The summed E-state index contributed by atoms with van der Waals surface area (Å²) in [4.78, 5) is 12.8. The van der Waals surface area contributed by atoms with Crippen LogP contribution in [-0.4, -0.2) is 49.8 Å². The lowest BCUT2D eigenvalue weighted by atomic mass is 9.77. The quantitative estimate of drug-likeness (QED) is 0.714. The van der Waals surface area contributed by atoms with Gasteiger partial charge in [0.1, 0.15) is 5.82 Å². The van der Waals surface area contributed by atoms with Gasteiger partial charge < -0.3 is 15.3 Å². The first-order valence-electron chi connectivity index (χ1n) is 11.2. The summed E-state index contributed by atoms with van der Waals surface area (Å²) in [5, 5.41) is 14.2. The van der Waals surface area contributed by atoms with Crippen molar-refractivity contribution >= 4 is 33.9 Å². The molecule has 0 aromatic carbocycles. The number of nitrogens with zero attached hydrogens (tertiary/aromatic N) is 3. The number of rotatable bonds is 5. The van der Waals surface area contributed by atoms with Gasteiger partial charge in [0.15, 0.2) is 0 Å². The first-order valence-corrected chi connectivity index (χ1v) is 12.9. The number of hydrogen-bond acceptors (Lipinski definition) is 6. The summed E-state index contributed by atoms with van der Waals surface area (Å²) >= 11 is 6.02. The zero-order valence-corrected chi connectivity index (χ0v) is 19.0. The number of pyridine rings is 2. The maximum Gasteiger partial charge on any atom is 0.131 e. The van der Waals surface area contributed by atoms with E-state index in [1.807, 2.05) is 6.07 Å². The second-order valence-electron chi connectivity index (χ2n) is 9.57. The van der Waals surface area contributed by atoms with Crippen molar-refractivity contribution in [3.05, 3.63) is 40.8 Å². The minimum atomic E-state index is -1.01. The Kier molecular flexibility index (Phi) is 4.78. The number of piperidine rings is 1. The summed E-state index contributed by atoms with van der Waals surface area (Å²) in [6, 6.07) is 6.54. The molecule has 0 spiro atoms. The smallest absolute Gasteiger partial charge is 0.131 e. The molecule has 1 saturated heterocycles. The van der Waals surface area contributed by atoms with Gasteiger partial charge in [-0.25, -0.2) is 4.98 Å². The van der Waals surface area contributed by atoms with Gasteiger partial charge in [-0.2, -0.15) is 0 Å². The molecule has 2 aromatic heterocycles. The molecular weight excluding hydrogens is 432 g/mol. The van der Waals surface area contributed by atoms with Gasteiger partial charge in [0.25, 0.3) is 0 Å². The molecular formula is C23H27ClN4O2S. The van der Waals surface area contributed by atoms with Crippen LogP contribution in [0, 0.1) is 5.92 Å². The number of aryl methyl sites for hydroxylation is 1. The number of nitrogens with one attached hydrogen (secondary N) is 1. The first-order chi connectivity index (χ1) is 15.0. The maximum atomic E-state index is 12.7. The van der Waals surface area contributed by atoms with Crippen molar-refractivity contribution in [3.63, 3.8) is 0 Å². The molecule has 8 heteroatoms. The maximum absolute atomic E-state index is 12.7. The highest BCUT2D eigenvalue weighted by Crippen LogP contribution is 2.49. The summed E-state index contributed by atoms with van der Waals surface area (Å²) in [7, 11) is -1.01. The lowest BCUT2D eigenvalue weighted by Crippen LogP contribution is -2.48. The summed E-state index contributed by atoms with van der Waals surface area (Å²) in [5.41, 5.74) is 2.76. The Balaban J connectivity index is 1.28. The van der Waals surface area contributed by atoms with E-state index in [-0.39, 0.29) is 12.1 Å². The van der Waals surface area contributed by atoms with Gasteiger partial charge in [0.05, 0.1) is 44.2 Å². The van der Waals surface area contributed by atoms with E-state index >= 15 is 0 Å². The molecule has 6 rings (SSSR count). The fourth-order valence-electron chi connectivity index (χ4n) is 5.94. The molecule has 2 N–H and O–H groups in total. The van der Waals surface area contributed by atoms with Crippen LogP contribution in [0.3, 0.4) is 0 Å². The normalized spacial score (nSPS) is 30.3. The Labute approximate surface area is 189 Å². The molecule has 164 valence electrons. The minimum Gasteiger partial charge on any atom is -0.394 e. The summed E-state index contributed by atoms with van der Waals surface area (Å²) in [6.45, 7) is 1.08. The Bertz CT molecular complexity index is 1040. The Morgan fingerprint density at radius 3 is 2.84 bits per heavy atom. The van der Waals surface area contributed by atoms with E-state index in [2.05, 4.69) is 27.3 Å². The molecule has 2 aliphatic heterocycles. The van der Waals surface area contributed by atoms with Crippen LogP contribution in [0.4, 0.5) is 11.5 Å². The van der Waals surface area contributed by atoms with E-state index in [1.165, 1.54) is 0 Å². The average Bonchev–Trinajstić information content (AvgIpc) is 3.45. The average molecular weight is 459 g/mol. The molecule has 2 saturated carbocycles. The van der Waals surface area contributed by atoms with Crippen molar-refractivity contribution in [2.45, 2.75) is 60.9 Å². The molecule has 0 radical (unpaired) electrons. The zero-order valence-electron chi connectivity index (χ0n) is 17.4. The number of aliphatic hydroxyl groups excluding tert-OH is 1. The van der Waals surface area contributed by atoms with Gasteiger partial charge in [-0.15, -0.1) is 0 Å². The highest BCUT2D eigenvalue weighted by molar-refractivity contribution is 7.85. The number of anilines is 2. The first kappa shape index (κ1) is 19.9. The molecule has 4 atom stereocenters. The third-order valence-corrected chi connectivity index (χ3v) is 9.47. The largest absolute Gasteiger partial charge is 0.394 e. The highest BCUT2D eigenvalue weighted by Gasteiger charge is 2.47. The van der Waals surface area contributed by atoms with Crippen LogP contribution in [0.5, 0.6) is 0 Å². The molecule has 31 heavy (non-hydrogen) atoms. The molecule has 4 aliphatic rings. The zero-order chi connectivity index (χ0) is 21.2. The Morgan fingerprint density at radius 1 is 1.32 bits per heavy atom.